The summed E-state index contributed by atoms with van der Waals surface area (Å²) in [6.07, 6.45) is 2.22. The van der Waals surface area contributed by atoms with Crippen LogP contribution in [0.15, 0.2) is 24.3 Å². The van der Waals surface area contributed by atoms with Gasteiger partial charge in [-0.3, -0.25) is 0 Å². The Labute approximate surface area is 116 Å². The Morgan fingerprint density at radius 1 is 1.00 bits per heavy atom. The number of benzene rings is 1. The highest BCUT2D eigenvalue weighted by molar-refractivity contribution is 6.30. The van der Waals surface area contributed by atoms with E-state index >= 15 is 0 Å². The summed E-state index contributed by atoms with van der Waals surface area (Å²) in [5.74, 6) is 0. The Balaban J connectivity index is 2.00. The van der Waals surface area contributed by atoms with Crippen molar-refractivity contribution in [3.63, 3.8) is 0 Å². The van der Waals surface area contributed by atoms with Crippen molar-refractivity contribution in [1.82, 2.24) is 10.6 Å². The average Bonchev–Trinajstić information content (AvgIpc) is 2.29. The monoisotopic (exact) mass is 268 g/mol. The van der Waals surface area contributed by atoms with Gasteiger partial charge < -0.3 is 10.6 Å². The van der Waals surface area contributed by atoms with Crippen LogP contribution in [0.1, 0.15) is 32.8 Å². The molecule has 0 atom stereocenters. The van der Waals surface area contributed by atoms with E-state index in [0.717, 1.165) is 37.5 Å². The number of nitrogens with one attached hydrogen (secondary N) is 2. The molecule has 0 aliphatic heterocycles. The molecule has 0 heterocycles. The quantitative estimate of drug-likeness (QED) is 0.742. The van der Waals surface area contributed by atoms with E-state index in [1.165, 1.54) is 5.56 Å². The van der Waals surface area contributed by atoms with Crippen molar-refractivity contribution in [3.05, 3.63) is 34.9 Å². The second-order valence-corrected chi connectivity index (χ2v) is 6.09. The van der Waals surface area contributed by atoms with E-state index < -0.39 is 0 Å². The Kier molecular flexibility index (Phi) is 6.69. The lowest BCUT2D eigenvalue weighted by Crippen LogP contribution is -2.37. The lowest BCUT2D eigenvalue weighted by atomic mass is 10.1. The lowest BCUT2D eigenvalue weighted by Gasteiger charge is -2.20. The van der Waals surface area contributed by atoms with E-state index in [1.807, 2.05) is 12.1 Å². The van der Waals surface area contributed by atoms with Crippen LogP contribution >= 0.6 is 11.6 Å². The summed E-state index contributed by atoms with van der Waals surface area (Å²) in [6.45, 7) is 9.74. The summed E-state index contributed by atoms with van der Waals surface area (Å²) in [5.41, 5.74) is 1.56. The zero-order chi connectivity index (χ0) is 13.4. The van der Waals surface area contributed by atoms with Crippen LogP contribution in [0.5, 0.6) is 0 Å². The molecule has 0 saturated carbocycles. The van der Waals surface area contributed by atoms with Crippen LogP contribution in [0.4, 0.5) is 0 Å². The average molecular weight is 269 g/mol. The highest BCUT2D eigenvalue weighted by atomic mass is 35.5. The van der Waals surface area contributed by atoms with Crippen molar-refractivity contribution in [2.45, 2.75) is 39.2 Å². The summed E-state index contributed by atoms with van der Waals surface area (Å²) in [7, 11) is 0. The molecule has 0 aliphatic carbocycles. The molecule has 0 aliphatic rings. The van der Waals surface area contributed by atoms with Gasteiger partial charge in [-0.05, 0) is 70.9 Å². The Hall–Kier alpha value is -0.570. The molecular weight excluding hydrogens is 244 g/mol. The minimum absolute atomic E-state index is 0.226. The molecule has 1 rings (SSSR count). The van der Waals surface area contributed by atoms with E-state index in [4.69, 9.17) is 11.6 Å². The number of rotatable bonds is 7. The Bertz CT molecular complexity index is 327. The number of hydrogen-bond acceptors (Lipinski definition) is 2. The first-order valence-corrected chi connectivity index (χ1v) is 7.05. The van der Waals surface area contributed by atoms with Gasteiger partial charge in [0.2, 0.25) is 0 Å². The van der Waals surface area contributed by atoms with Gasteiger partial charge in [0.1, 0.15) is 0 Å². The molecule has 1 aromatic carbocycles. The smallest absolute Gasteiger partial charge is 0.0406 e. The normalized spacial score (nSPS) is 11.8. The highest BCUT2D eigenvalue weighted by Crippen LogP contribution is 2.09. The molecule has 0 unspecified atom stereocenters. The van der Waals surface area contributed by atoms with Crippen LogP contribution in [0.3, 0.4) is 0 Å². The second kappa shape index (κ2) is 7.78. The predicted molar refractivity (Wildman–Crippen MR) is 80.4 cm³/mol. The van der Waals surface area contributed by atoms with Gasteiger partial charge in [0.25, 0.3) is 0 Å². The lowest BCUT2D eigenvalue weighted by molar-refractivity contribution is 0.419. The highest BCUT2D eigenvalue weighted by Gasteiger charge is 2.06. The molecule has 0 saturated heterocycles. The first-order valence-electron chi connectivity index (χ1n) is 6.67. The van der Waals surface area contributed by atoms with Gasteiger partial charge >= 0.3 is 0 Å². The van der Waals surface area contributed by atoms with Gasteiger partial charge in [-0.25, -0.2) is 0 Å². The van der Waals surface area contributed by atoms with Gasteiger partial charge in [0.05, 0.1) is 0 Å². The molecule has 0 bridgehead atoms. The third-order valence-corrected chi connectivity index (χ3v) is 2.94. The Morgan fingerprint density at radius 3 is 2.28 bits per heavy atom. The third kappa shape index (κ3) is 7.70. The molecule has 102 valence electrons. The summed E-state index contributed by atoms with van der Waals surface area (Å²) < 4.78 is 0. The van der Waals surface area contributed by atoms with Crippen LogP contribution in [0.25, 0.3) is 0 Å². The van der Waals surface area contributed by atoms with Gasteiger partial charge in [-0.2, -0.15) is 0 Å². The fraction of sp³-hybridized carbons (Fsp3) is 0.600. The number of halogens is 1. The van der Waals surface area contributed by atoms with Crippen LogP contribution < -0.4 is 10.6 Å². The fourth-order valence-corrected chi connectivity index (χ4v) is 1.81. The summed E-state index contributed by atoms with van der Waals surface area (Å²) in [6, 6.07) is 8.07. The van der Waals surface area contributed by atoms with Crippen molar-refractivity contribution < 1.29 is 0 Å². The van der Waals surface area contributed by atoms with Crippen LogP contribution in [-0.2, 0) is 6.42 Å². The van der Waals surface area contributed by atoms with Crippen molar-refractivity contribution in [2.75, 3.05) is 19.6 Å². The molecule has 0 radical (unpaired) electrons. The predicted octanol–water partition coefficient (Wildman–Crippen LogP) is 3.25. The molecule has 2 N–H and O–H groups in total. The van der Waals surface area contributed by atoms with E-state index in [1.54, 1.807) is 0 Å². The first-order chi connectivity index (χ1) is 8.47. The zero-order valence-corrected chi connectivity index (χ0v) is 12.5. The standard InChI is InChI=1S/C15H25ClN2/c1-15(2,3)18-11-4-10-17-12-9-13-5-7-14(16)8-6-13/h5-8,17-18H,4,9-12H2,1-3H3. The summed E-state index contributed by atoms with van der Waals surface area (Å²) >= 11 is 5.84. The van der Waals surface area contributed by atoms with E-state index in [0.29, 0.717) is 0 Å². The molecule has 0 spiro atoms. The summed E-state index contributed by atoms with van der Waals surface area (Å²) in [5, 5.41) is 7.75. The minimum Gasteiger partial charge on any atom is -0.316 e. The third-order valence-electron chi connectivity index (χ3n) is 2.69. The second-order valence-electron chi connectivity index (χ2n) is 5.66. The van der Waals surface area contributed by atoms with E-state index in [-0.39, 0.29) is 5.54 Å². The summed E-state index contributed by atoms with van der Waals surface area (Å²) in [4.78, 5) is 0. The maximum atomic E-state index is 5.84. The number of hydrogen-bond donors (Lipinski definition) is 2. The van der Waals surface area contributed by atoms with Crippen molar-refractivity contribution in [2.24, 2.45) is 0 Å². The molecule has 0 aromatic heterocycles. The van der Waals surface area contributed by atoms with Crippen molar-refractivity contribution in [3.8, 4) is 0 Å². The molecule has 3 heteroatoms. The maximum absolute atomic E-state index is 5.84. The van der Waals surface area contributed by atoms with Crippen molar-refractivity contribution >= 4 is 11.6 Å². The van der Waals surface area contributed by atoms with Gasteiger partial charge in [0, 0.05) is 10.6 Å². The first kappa shape index (κ1) is 15.5. The topological polar surface area (TPSA) is 24.1 Å². The maximum Gasteiger partial charge on any atom is 0.0406 e. The molecule has 0 fully saturated rings. The van der Waals surface area contributed by atoms with E-state index in [9.17, 15) is 0 Å². The van der Waals surface area contributed by atoms with Crippen LogP contribution in [0.2, 0.25) is 5.02 Å². The zero-order valence-electron chi connectivity index (χ0n) is 11.7. The van der Waals surface area contributed by atoms with Gasteiger partial charge in [-0.15, -0.1) is 0 Å². The van der Waals surface area contributed by atoms with Gasteiger partial charge in [-0.1, -0.05) is 23.7 Å². The fourth-order valence-electron chi connectivity index (χ4n) is 1.69. The van der Waals surface area contributed by atoms with E-state index in [2.05, 4.69) is 43.5 Å². The largest absolute Gasteiger partial charge is 0.316 e. The van der Waals surface area contributed by atoms with Crippen LogP contribution in [-0.4, -0.2) is 25.2 Å². The Morgan fingerprint density at radius 2 is 1.67 bits per heavy atom. The minimum atomic E-state index is 0.226. The van der Waals surface area contributed by atoms with Crippen molar-refractivity contribution in [1.29, 1.82) is 0 Å². The molecule has 2 nitrogen and oxygen atoms in total. The molecule has 0 amide bonds. The van der Waals surface area contributed by atoms with Gasteiger partial charge in [0.15, 0.2) is 0 Å². The van der Waals surface area contributed by atoms with Crippen LogP contribution in [0, 0.1) is 0 Å². The molecule has 18 heavy (non-hydrogen) atoms. The molecule has 1 aromatic rings. The molecular formula is C15H25ClN2. The SMILES string of the molecule is CC(C)(C)NCCCNCCc1ccc(Cl)cc1.